The molecule has 0 amide bonds. The van der Waals surface area contributed by atoms with Crippen molar-refractivity contribution in [3.63, 3.8) is 0 Å². The van der Waals surface area contributed by atoms with Crippen molar-refractivity contribution in [1.82, 2.24) is 0 Å². The molecule has 3 aromatic rings. The largest absolute Gasteiger partial charge is 0.504 e. The third-order valence-corrected chi connectivity index (χ3v) is 4.89. The van der Waals surface area contributed by atoms with Gasteiger partial charge in [0, 0.05) is 17.2 Å². The van der Waals surface area contributed by atoms with Crippen LogP contribution in [-0.2, 0) is 6.61 Å². The number of nitrogens with zero attached hydrogens (tertiary/aromatic N) is 1. The number of benzene rings is 3. The molecule has 0 bridgehead atoms. The molecule has 8 heteroatoms. The van der Waals surface area contributed by atoms with Crippen LogP contribution < -0.4 is 14.2 Å². The molecule has 8 nitrogen and oxygen atoms in total. The van der Waals surface area contributed by atoms with Crippen LogP contribution in [0.25, 0.3) is 6.08 Å². The van der Waals surface area contributed by atoms with Crippen LogP contribution in [0.15, 0.2) is 60.7 Å². The lowest BCUT2D eigenvalue weighted by molar-refractivity contribution is -0.386. The van der Waals surface area contributed by atoms with E-state index < -0.39 is 4.92 Å². The van der Waals surface area contributed by atoms with Crippen molar-refractivity contribution < 1.29 is 29.0 Å². The predicted molar refractivity (Wildman–Crippen MR) is 123 cm³/mol. The summed E-state index contributed by atoms with van der Waals surface area (Å²) in [5, 5.41) is 21.0. The summed E-state index contributed by atoms with van der Waals surface area (Å²) in [7, 11) is 2.93. The summed E-state index contributed by atoms with van der Waals surface area (Å²) in [4.78, 5) is 23.3. The lowest BCUT2D eigenvalue weighted by Crippen LogP contribution is -2.02. The Hall–Kier alpha value is -4.33. The number of ketones is 1. The van der Waals surface area contributed by atoms with Crippen LogP contribution in [0.3, 0.4) is 0 Å². The zero-order chi connectivity index (χ0) is 24.0. The number of nitro groups is 1. The van der Waals surface area contributed by atoms with Crippen molar-refractivity contribution in [3.8, 4) is 23.0 Å². The van der Waals surface area contributed by atoms with Gasteiger partial charge in [-0.05, 0) is 60.5 Å². The monoisotopic (exact) mass is 449 g/mol. The molecule has 0 aliphatic carbocycles. The maximum Gasteiger partial charge on any atom is 0.310 e. The number of hydrogen-bond donors (Lipinski definition) is 1. The molecule has 170 valence electrons. The second-order valence-corrected chi connectivity index (χ2v) is 7.17. The molecule has 0 radical (unpaired) electrons. The van der Waals surface area contributed by atoms with Crippen LogP contribution in [-0.4, -0.2) is 30.0 Å². The highest BCUT2D eigenvalue weighted by Gasteiger charge is 2.16. The number of carbonyl (C=O) groups is 1. The number of aromatic hydroxyl groups is 1. The average molecular weight is 449 g/mol. The minimum Gasteiger partial charge on any atom is -0.504 e. The molecule has 3 aromatic carbocycles. The normalized spacial score (nSPS) is 10.8. The molecule has 0 aromatic heterocycles. The van der Waals surface area contributed by atoms with Gasteiger partial charge in [0.15, 0.2) is 23.0 Å². The fourth-order valence-corrected chi connectivity index (χ4v) is 3.16. The summed E-state index contributed by atoms with van der Waals surface area (Å²) in [6.45, 7) is 1.86. The van der Waals surface area contributed by atoms with Gasteiger partial charge >= 0.3 is 5.69 Å². The molecule has 0 atom stereocenters. The van der Waals surface area contributed by atoms with E-state index in [4.69, 9.17) is 14.2 Å². The first-order chi connectivity index (χ1) is 15.8. The van der Waals surface area contributed by atoms with E-state index in [1.54, 1.807) is 36.4 Å². The SMILES string of the molecule is COc1cc(C(=O)/C=C/c2ccc(OC)c(COc3cc(C)ccc3[N+](=O)[O-])c2)ccc1O. The molecule has 3 rings (SSSR count). The first kappa shape index (κ1) is 23.3. The first-order valence-corrected chi connectivity index (χ1v) is 9.96. The third kappa shape index (κ3) is 5.68. The highest BCUT2D eigenvalue weighted by Crippen LogP contribution is 2.30. The van der Waals surface area contributed by atoms with Gasteiger partial charge in [-0.25, -0.2) is 0 Å². The highest BCUT2D eigenvalue weighted by atomic mass is 16.6. The number of carbonyl (C=O) groups excluding carboxylic acids is 1. The number of nitro benzene ring substituents is 1. The van der Waals surface area contributed by atoms with Gasteiger partial charge in [-0.3, -0.25) is 14.9 Å². The van der Waals surface area contributed by atoms with Crippen LogP contribution in [0, 0.1) is 17.0 Å². The second kappa shape index (κ2) is 10.3. The number of phenols is 1. The third-order valence-electron chi connectivity index (χ3n) is 4.89. The number of ether oxygens (including phenoxy) is 3. The summed E-state index contributed by atoms with van der Waals surface area (Å²) in [6, 6.07) is 14.3. The predicted octanol–water partition coefficient (Wildman–Crippen LogP) is 5.10. The summed E-state index contributed by atoms with van der Waals surface area (Å²) in [6.07, 6.45) is 3.05. The minimum atomic E-state index is -0.491. The summed E-state index contributed by atoms with van der Waals surface area (Å²) >= 11 is 0. The van der Waals surface area contributed by atoms with Gasteiger partial charge in [0.2, 0.25) is 0 Å². The van der Waals surface area contributed by atoms with E-state index in [-0.39, 0.29) is 35.3 Å². The van der Waals surface area contributed by atoms with Crippen molar-refractivity contribution in [2.45, 2.75) is 13.5 Å². The lowest BCUT2D eigenvalue weighted by atomic mass is 10.1. The maximum absolute atomic E-state index is 12.5. The number of allylic oxidation sites excluding steroid dienone is 1. The van der Waals surface area contributed by atoms with E-state index >= 15 is 0 Å². The molecule has 1 N–H and O–H groups in total. The number of rotatable bonds is 9. The fraction of sp³-hybridized carbons (Fsp3) is 0.160. The van der Waals surface area contributed by atoms with Gasteiger partial charge < -0.3 is 19.3 Å². The zero-order valence-corrected chi connectivity index (χ0v) is 18.4. The Morgan fingerprint density at radius 3 is 2.45 bits per heavy atom. The molecular weight excluding hydrogens is 426 g/mol. The van der Waals surface area contributed by atoms with Gasteiger partial charge in [-0.2, -0.15) is 0 Å². The second-order valence-electron chi connectivity index (χ2n) is 7.17. The topological polar surface area (TPSA) is 108 Å². The summed E-state index contributed by atoms with van der Waals surface area (Å²) < 4.78 is 16.2. The highest BCUT2D eigenvalue weighted by molar-refractivity contribution is 6.07. The van der Waals surface area contributed by atoms with E-state index in [9.17, 15) is 20.0 Å². The molecule has 0 heterocycles. The molecule has 0 saturated carbocycles. The fourth-order valence-electron chi connectivity index (χ4n) is 3.16. The van der Waals surface area contributed by atoms with Crippen LogP contribution >= 0.6 is 0 Å². The molecule has 33 heavy (non-hydrogen) atoms. The molecule has 0 spiro atoms. The van der Waals surface area contributed by atoms with Crippen molar-refractivity contribution in [2.24, 2.45) is 0 Å². The van der Waals surface area contributed by atoms with Crippen molar-refractivity contribution in [3.05, 3.63) is 93.0 Å². The molecule has 0 aliphatic heterocycles. The Bertz CT molecular complexity index is 1220. The maximum atomic E-state index is 12.5. The van der Waals surface area contributed by atoms with Crippen molar-refractivity contribution in [1.29, 1.82) is 0 Å². The number of methoxy groups -OCH3 is 2. The van der Waals surface area contributed by atoms with Crippen LogP contribution in [0.2, 0.25) is 0 Å². The number of phenolic OH excluding ortho intramolecular Hbond substituents is 1. The van der Waals surface area contributed by atoms with Gasteiger partial charge in [0.05, 0.1) is 19.1 Å². The number of hydrogen-bond acceptors (Lipinski definition) is 7. The smallest absolute Gasteiger partial charge is 0.310 e. The van der Waals surface area contributed by atoms with Gasteiger partial charge in [0.25, 0.3) is 0 Å². The van der Waals surface area contributed by atoms with E-state index in [0.29, 0.717) is 22.4 Å². The van der Waals surface area contributed by atoms with Gasteiger partial charge in [-0.15, -0.1) is 0 Å². The van der Waals surface area contributed by atoms with Crippen molar-refractivity contribution in [2.75, 3.05) is 14.2 Å². The van der Waals surface area contributed by atoms with Crippen LogP contribution in [0.1, 0.15) is 27.0 Å². The van der Waals surface area contributed by atoms with E-state index in [1.807, 2.05) is 6.92 Å². The van der Waals surface area contributed by atoms with Gasteiger partial charge in [0.1, 0.15) is 12.4 Å². The Morgan fingerprint density at radius 1 is 1.00 bits per heavy atom. The Balaban J connectivity index is 1.81. The Morgan fingerprint density at radius 2 is 1.76 bits per heavy atom. The first-order valence-electron chi connectivity index (χ1n) is 9.96. The minimum absolute atomic E-state index is 0.0399. The van der Waals surface area contributed by atoms with Crippen LogP contribution in [0.4, 0.5) is 5.69 Å². The lowest BCUT2D eigenvalue weighted by Gasteiger charge is -2.12. The molecular formula is C25H23NO7. The quantitative estimate of drug-likeness (QED) is 0.209. The Kier molecular flexibility index (Phi) is 7.30. The average Bonchev–Trinajstić information content (AvgIpc) is 2.81. The number of aryl methyl sites for hydroxylation is 1. The van der Waals surface area contributed by atoms with E-state index in [2.05, 4.69) is 0 Å². The van der Waals surface area contributed by atoms with Gasteiger partial charge in [-0.1, -0.05) is 18.2 Å². The molecule has 0 unspecified atom stereocenters. The molecule has 0 saturated heterocycles. The summed E-state index contributed by atoms with van der Waals surface area (Å²) in [5.41, 5.74) is 2.46. The van der Waals surface area contributed by atoms with Crippen LogP contribution in [0.5, 0.6) is 23.0 Å². The van der Waals surface area contributed by atoms with E-state index in [1.165, 1.54) is 44.6 Å². The van der Waals surface area contributed by atoms with Crippen molar-refractivity contribution >= 4 is 17.5 Å². The standard InChI is InChI=1S/C25H23NO7/c1-16-4-8-20(26(29)30)24(12-16)33-15-19-13-17(6-11-23(19)31-2)5-9-21(27)18-7-10-22(28)25(14-18)32-3/h4-14,28H,15H2,1-3H3/b9-5+. The molecule has 0 aliphatic rings. The molecule has 0 fully saturated rings. The van der Waals surface area contributed by atoms with E-state index in [0.717, 1.165) is 5.56 Å². The zero-order valence-electron chi connectivity index (χ0n) is 18.4. The Labute approximate surface area is 190 Å². The summed E-state index contributed by atoms with van der Waals surface area (Å²) in [5.74, 6) is 0.615.